The highest BCUT2D eigenvalue weighted by Crippen LogP contribution is 2.51. The lowest BCUT2D eigenvalue weighted by atomic mass is 10.1. The van der Waals surface area contributed by atoms with Crippen LogP contribution in [0.4, 0.5) is 5.69 Å². The van der Waals surface area contributed by atoms with Crippen molar-refractivity contribution < 1.29 is 0 Å². The van der Waals surface area contributed by atoms with Gasteiger partial charge in [0, 0.05) is 28.3 Å². The number of benzene rings is 2. The summed E-state index contributed by atoms with van der Waals surface area (Å²) in [5.41, 5.74) is 5.67. The lowest BCUT2D eigenvalue weighted by Crippen LogP contribution is -2.23. The molecule has 94 valence electrons. The summed E-state index contributed by atoms with van der Waals surface area (Å²) in [6.07, 6.45) is 1.08. The van der Waals surface area contributed by atoms with E-state index in [2.05, 4.69) is 60.4 Å². The molecule has 0 fully saturated rings. The minimum absolute atomic E-state index is 1.02. The summed E-state index contributed by atoms with van der Waals surface area (Å²) in [7, 11) is 0. The molecule has 0 unspecified atom stereocenters. The highest BCUT2D eigenvalue weighted by Gasteiger charge is 2.31. The number of anilines is 1. The molecule has 2 aromatic rings. The van der Waals surface area contributed by atoms with Gasteiger partial charge in [-0.3, -0.25) is 0 Å². The van der Waals surface area contributed by atoms with Crippen LogP contribution in [0.3, 0.4) is 0 Å². The van der Waals surface area contributed by atoms with E-state index in [0.29, 0.717) is 0 Å². The highest BCUT2D eigenvalue weighted by atomic mass is 32.2. The summed E-state index contributed by atoms with van der Waals surface area (Å²) in [5.74, 6) is 0. The largest absolute Gasteiger partial charge is 0.340 e. The topological polar surface area (TPSA) is 3.24 Å². The maximum Gasteiger partial charge on any atom is 0.0591 e. The van der Waals surface area contributed by atoms with Crippen LogP contribution in [0.5, 0.6) is 0 Å². The molecule has 0 saturated carbocycles. The van der Waals surface area contributed by atoms with Gasteiger partial charge in [-0.05, 0) is 24.6 Å². The van der Waals surface area contributed by atoms with E-state index in [0.717, 1.165) is 13.0 Å². The van der Waals surface area contributed by atoms with Gasteiger partial charge >= 0.3 is 0 Å². The fraction of sp³-hybridized carbons (Fsp3) is 0.176. The van der Waals surface area contributed by atoms with Crippen molar-refractivity contribution in [2.24, 2.45) is 0 Å². The standard InChI is InChI=1S/C17H15NS/c1-2-18-14-9-5-6-10-15(14)19-16-11-12-7-3-4-8-13(12)17(16)18/h3-10H,2,11H2,1H3. The number of thioether (sulfide) groups is 1. The lowest BCUT2D eigenvalue weighted by Gasteiger charge is -2.32. The molecule has 0 spiro atoms. The number of rotatable bonds is 1. The Balaban J connectivity index is 1.91. The second kappa shape index (κ2) is 4.17. The molecule has 0 aromatic heterocycles. The van der Waals surface area contributed by atoms with Gasteiger partial charge in [0.25, 0.3) is 0 Å². The van der Waals surface area contributed by atoms with Crippen LogP contribution >= 0.6 is 11.8 Å². The molecule has 1 aliphatic carbocycles. The molecular weight excluding hydrogens is 250 g/mol. The zero-order valence-electron chi connectivity index (χ0n) is 10.9. The highest BCUT2D eigenvalue weighted by molar-refractivity contribution is 8.03. The summed E-state index contributed by atoms with van der Waals surface area (Å²) in [4.78, 5) is 5.35. The third-order valence-electron chi connectivity index (χ3n) is 3.86. The predicted octanol–water partition coefficient (Wildman–Crippen LogP) is 4.54. The molecule has 0 N–H and O–H groups in total. The first-order valence-corrected chi connectivity index (χ1v) is 7.56. The van der Waals surface area contributed by atoms with Gasteiger partial charge in [0.15, 0.2) is 0 Å². The van der Waals surface area contributed by atoms with Crippen molar-refractivity contribution in [2.75, 3.05) is 11.4 Å². The maximum absolute atomic E-state index is 2.47. The van der Waals surface area contributed by atoms with E-state index < -0.39 is 0 Å². The minimum Gasteiger partial charge on any atom is -0.340 e. The molecule has 0 bridgehead atoms. The Labute approximate surface area is 117 Å². The Morgan fingerprint density at radius 1 is 1.05 bits per heavy atom. The smallest absolute Gasteiger partial charge is 0.0591 e. The molecular formula is C17H15NS. The van der Waals surface area contributed by atoms with Gasteiger partial charge < -0.3 is 4.90 Å². The molecule has 0 atom stereocenters. The molecule has 1 aliphatic heterocycles. The SMILES string of the molecule is CCN1C2=C(Cc3ccccc32)Sc2ccccc21. The van der Waals surface area contributed by atoms with Gasteiger partial charge in [0.1, 0.15) is 0 Å². The molecule has 4 rings (SSSR count). The second-order valence-corrected chi connectivity index (χ2v) is 6.06. The number of nitrogens with zero attached hydrogens (tertiary/aromatic N) is 1. The van der Waals surface area contributed by atoms with Crippen LogP contribution in [0, 0.1) is 0 Å². The lowest BCUT2D eigenvalue weighted by molar-refractivity contribution is 1.01. The van der Waals surface area contributed by atoms with Crippen LogP contribution in [0.2, 0.25) is 0 Å². The monoisotopic (exact) mass is 265 g/mol. The number of allylic oxidation sites excluding steroid dienone is 1. The van der Waals surface area contributed by atoms with Crippen LogP contribution in [0.15, 0.2) is 58.3 Å². The van der Waals surface area contributed by atoms with Gasteiger partial charge in [0.05, 0.1) is 11.4 Å². The van der Waals surface area contributed by atoms with Crippen LogP contribution in [0.1, 0.15) is 18.1 Å². The first kappa shape index (κ1) is 11.2. The fourth-order valence-electron chi connectivity index (χ4n) is 3.04. The third-order valence-corrected chi connectivity index (χ3v) is 5.01. The number of fused-ring (bicyclic) bond motifs is 3. The molecule has 0 radical (unpaired) electrons. The minimum atomic E-state index is 1.02. The van der Waals surface area contributed by atoms with Crippen molar-refractivity contribution in [3.05, 3.63) is 64.6 Å². The first-order valence-electron chi connectivity index (χ1n) is 6.74. The van der Waals surface area contributed by atoms with Crippen molar-refractivity contribution >= 4 is 23.1 Å². The van der Waals surface area contributed by atoms with Crippen LogP contribution < -0.4 is 4.90 Å². The Kier molecular flexibility index (Phi) is 2.46. The van der Waals surface area contributed by atoms with E-state index in [1.807, 2.05) is 11.8 Å². The molecule has 1 nitrogen and oxygen atoms in total. The molecule has 2 aliphatic rings. The van der Waals surface area contributed by atoms with Gasteiger partial charge in [-0.15, -0.1) is 0 Å². The van der Waals surface area contributed by atoms with Crippen molar-refractivity contribution in [1.82, 2.24) is 0 Å². The average molecular weight is 265 g/mol. The van der Waals surface area contributed by atoms with Crippen molar-refractivity contribution in [1.29, 1.82) is 0 Å². The second-order valence-electron chi connectivity index (χ2n) is 4.92. The zero-order valence-corrected chi connectivity index (χ0v) is 11.7. The van der Waals surface area contributed by atoms with E-state index in [1.165, 1.54) is 32.3 Å². The summed E-state index contributed by atoms with van der Waals surface area (Å²) in [5, 5.41) is 0. The molecule has 0 amide bonds. The van der Waals surface area contributed by atoms with Gasteiger partial charge in [0.2, 0.25) is 0 Å². The molecule has 1 heterocycles. The van der Waals surface area contributed by atoms with Crippen LogP contribution in [-0.2, 0) is 6.42 Å². The molecule has 2 aromatic carbocycles. The molecule has 19 heavy (non-hydrogen) atoms. The average Bonchev–Trinajstić information content (AvgIpc) is 2.82. The van der Waals surface area contributed by atoms with E-state index in [4.69, 9.17) is 0 Å². The number of para-hydroxylation sites is 1. The zero-order chi connectivity index (χ0) is 12.8. The van der Waals surface area contributed by atoms with E-state index in [1.54, 1.807) is 0 Å². The Morgan fingerprint density at radius 2 is 1.84 bits per heavy atom. The summed E-state index contributed by atoms with van der Waals surface area (Å²) >= 11 is 1.94. The normalized spacial score (nSPS) is 16.2. The maximum atomic E-state index is 2.47. The Morgan fingerprint density at radius 3 is 2.74 bits per heavy atom. The van der Waals surface area contributed by atoms with E-state index in [9.17, 15) is 0 Å². The van der Waals surface area contributed by atoms with Crippen molar-refractivity contribution in [2.45, 2.75) is 18.2 Å². The molecule has 2 heteroatoms. The fourth-order valence-corrected chi connectivity index (χ4v) is 4.28. The Bertz CT molecular complexity index is 687. The summed E-state index contributed by atoms with van der Waals surface area (Å²) in [6, 6.07) is 17.5. The predicted molar refractivity (Wildman–Crippen MR) is 82.4 cm³/mol. The molecule has 0 saturated heterocycles. The summed E-state index contributed by atoms with van der Waals surface area (Å²) < 4.78 is 0. The summed E-state index contributed by atoms with van der Waals surface area (Å²) in [6.45, 7) is 3.25. The quantitative estimate of drug-likeness (QED) is 0.744. The number of hydrogen-bond donors (Lipinski definition) is 0. The van der Waals surface area contributed by atoms with Gasteiger partial charge in [-0.1, -0.05) is 48.2 Å². The third kappa shape index (κ3) is 1.56. The van der Waals surface area contributed by atoms with E-state index in [-0.39, 0.29) is 0 Å². The van der Waals surface area contributed by atoms with Crippen LogP contribution in [0.25, 0.3) is 5.70 Å². The van der Waals surface area contributed by atoms with E-state index >= 15 is 0 Å². The van der Waals surface area contributed by atoms with Crippen molar-refractivity contribution in [3.63, 3.8) is 0 Å². The van der Waals surface area contributed by atoms with Gasteiger partial charge in [-0.2, -0.15) is 0 Å². The number of hydrogen-bond acceptors (Lipinski definition) is 2. The van der Waals surface area contributed by atoms with Gasteiger partial charge in [-0.25, -0.2) is 0 Å². The first-order chi connectivity index (χ1) is 9.38. The van der Waals surface area contributed by atoms with Crippen LogP contribution in [-0.4, -0.2) is 6.54 Å². The van der Waals surface area contributed by atoms with Crippen molar-refractivity contribution in [3.8, 4) is 0 Å². The Hall–Kier alpha value is -1.67.